The molecule has 0 saturated heterocycles. The molecule has 0 saturated carbocycles. The highest BCUT2D eigenvalue weighted by atomic mass is 35.5. The van der Waals surface area contributed by atoms with Gasteiger partial charge in [-0.3, -0.25) is 14.9 Å². The van der Waals surface area contributed by atoms with Crippen LogP contribution in [0.4, 0.5) is 5.69 Å². The quantitative estimate of drug-likeness (QED) is 0.373. The second-order valence-corrected chi connectivity index (χ2v) is 8.15. The van der Waals surface area contributed by atoms with Crippen molar-refractivity contribution in [3.8, 4) is 0 Å². The Labute approximate surface area is 166 Å². The molecule has 0 unspecified atom stereocenters. The average Bonchev–Trinajstić information content (AvgIpc) is 2.60. The lowest BCUT2D eigenvalue weighted by molar-refractivity contribution is -0.387. The molecule has 0 aliphatic heterocycles. The molecule has 2 aromatic carbocycles. The molecule has 0 aliphatic rings. The molecule has 0 radical (unpaired) electrons. The van der Waals surface area contributed by atoms with E-state index in [1.54, 1.807) is 45.0 Å². The zero-order chi connectivity index (χ0) is 20.2. The zero-order valence-electron chi connectivity index (χ0n) is 15.0. The third-order valence-electron chi connectivity index (χ3n) is 3.63. The molecular weight excluding hydrogens is 390 g/mol. The maximum atomic E-state index is 12.4. The minimum atomic E-state index is -0.676. The summed E-state index contributed by atoms with van der Waals surface area (Å²) in [4.78, 5) is 35.8. The van der Waals surface area contributed by atoms with Crippen molar-refractivity contribution in [2.24, 2.45) is 5.41 Å². The number of ketones is 1. The fourth-order valence-corrected chi connectivity index (χ4v) is 3.33. The second kappa shape index (κ2) is 8.54. The number of esters is 1. The molecule has 2 aromatic rings. The maximum Gasteiger partial charge on any atom is 0.339 e. The molecule has 0 aliphatic carbocycles. The number of Topliss-reactive ketones (excluding diaryl/α,β-unsaturated/α-hetero) is 1. The number of ether oxygens (including phenoxy) is 1. The van der Waals surface area contributed by atoms with E-state index in [0.29, 0.717) is 4.90 Å². The van der Waals surface area contributed by atoms with E-state index in [-0.39, 0.29) is 33.6 Å². The van der Waals surface area contributed by atoms with Crippen LogP contribution in [-0.4, -0.2) is 23.3 Å². The van der Waals surface area contributed by atoms with Gasteiger partial charge in [0.25, 0.3) is 5.69 Å². The van der Waals surface area contributed by atoms with Gasteiger partial charge in [-0.25, -0.2) is 4.79 Å². The van der Waals surface area contributed by atoms with Gasteiger partial charge >= 0.3 is 5.97 Å². The maximum absolute atomic E-state index is 12.4. The number of nitro benzene ring substituents is 1. The van der Waals surface area contributed by atoms with Crippen LogP contribution in [0.3, 0.4) is 0 Å². The number of hydrogen-bond acceptors (Lipinski definition) is 6. The van der Waals surface area contributed by atoms with Crippen LogP contribution >= 0.6 is 23.4 Å². The van der Waals surface area contributed by atoms with Gasteiger partial charge in [0.15, 0.2) is 12.4 Å². The van der Waals surface area contributed by atoms with E-state index in [1.807, 2.05) is 0 Å². The Morgan fingerprint density at radius 1 is 1.15 bits per heavy atom. The first kappa shape index (κ1) is 20.9. The van der Waals surface area contributed by atoms with E-state index in [0.717, 1.165) is 11.8 Å². The van der Waals surface area contributed by atoms with E-state index >= 15 is 0 Å². The lowest BCUT2D eigenvalue weighted by Crippen LogP contribution is -2.26. The first-order chi connectivity index (χ1) is 12.6. The lowest BCUT2D eigenvalue weighted by Gasteiger charge is -2.16. The zero-order valence-corrected chi connectivity index (χ0v) is 16.6. The summed E-state index contributed by atoms with van der Waals surface area (Å²) in [5.74, 6) is -0.881. The number of carbonyl (C=O) groups excluding carboxylic acids is 2. The highest BCUT2D eigenvalue weighted by Crippen LogP contribution is 2.41. The lowest BCUT2D eigenvalue weighted by atomic mass is 9.91. The number of nitro groups is 1. The van der Waals surface area contributed by atoms with Crippen molar-refractivity contribution < 1.29 is 19.2 Å². The molecule has 0 heterocycles. The van der Waals surface area contributed by atoms with E-state index in [2.05, 4.69) is 0 Å². The molecule has 142 valence electrons. The number of carbonyl (C=O) groups is 2. The van der Waals surface area contributed by atoms with E-state index in [1.165, 1.54) is 18.2 Å². The van der Waals surface area contributed by atoms with Gasteiger partial charge in [0.1, 0.15) is 4.90 Å². The summed E-state index contributed by atoms with van der Waals surface area (Å²) in [5.41, 5.74) is -0.566. The molecule has 27 heavy (non-hydrogen) atoms. The third-order valence-corrected chi connectivity index (χ3v) is 5.27. The topological polar surface area (TPSA) is 86.5 Å². The summed E-state index contributed by atoms with van der Waals surface area (Å²) in [6.45, 7) is 4.88. The van der Waals surface area contributed by atoms with Crippen LogP contribution in [0.15, 0.2) is 52.3 Å². The summed E-state index contributed by atoms with van der Waals surface area (Å²) in [5, 5.41) is 11.5. The normalized spacial score (nSPS) is 11.1. The number of nitrogens with zero attached hydrogens (tertiary/aromatic N) is 1. The first-order valence-corrected chi connectivity index (χ1v) is 9.21. The average molecular weight is 408 g/mol. The van der Waals surface area contributed by atoms with Crippen LogP contribution in [0.2, 0.25) is 5.02 Å². The summed E-state index contributed by atoms with van der Waals surface area (Å²) < 4.78 is 5.13. The van der Waals surface area contributed by atoms with Gasteiger partial charge in [-0.1, -0.05) is 62.3 Å². The van der Waals surface area contributed by atoms with Crippen LogP contribution < -0.4 is 0 Å². The summed E-state index contributed by atoms with van der Waals surface area (Å²) >= 11 is 7.13. The van der Waals surface area contributed by atoms with Crippen LogP contribution in [-0.2, 0) is 9.53 Å². The summed E-state index contributed by atoms with van der Waals surface area (Å²) in [6, 6.07) is 10.9. The molecule has 0 aromatic heterocycles. The fraction of sp³-hybridized carbons (Fsp3) is 0.263. The van der Waals surface area contributed by atoms with Crippen LogP contribution in [0.1, 0.15) is 31.1 Å². The van der Waals surface area contributed by atoms with Crippen LogP contribution in [0.5, 0.6) is 0 Å². The molecule has 6 nitrogen and oxygen atoms in total. The Morgan fingerprint density at radius 3 is 2.44 bits per heavy atom. The van der Waals surface area contributed by atoms with Gasteiger partial charge in [0.05, 0.1) is 15.5 Å². The Bertz CT molecular complexity index is 892. The Kier molecular flexibility index (Phi) is 6.62. The van der Waals surface area contributed by atoms with Crippen molar-refractivity contribution in [3.05, 3.63) is 63.2 Å². The van der Waals surface area contributed by atoms with E-state index < -0.39 is 16.3 Å². The molecule has 0 fully saturated rings. The van der Waals surface area contributed by atoms with Gasteiger partial charge in [0.2, 0.25) is 0 Å². The van der Waals surface area contributed by atoms with Gasteiger partial charge in [-0.2, -0.15) is 0 Å². The minimum absolute atomic E-state index is 0.154. The van der Waals surface area contributed by atoms with Crippen molar-refractivity contribution in [1.82, 2.24) is 0 Å². The van der Waals surface area contributed by atoms with Crippen molar-refractivity contribution in [3.63, 3.8) is 0 Å². The molecule has 0 N–H and O–H groups in total. The van der Waals surface area contributed by atoms with Gasteiger partial charge in [-0.15, -0.1) is 0 Å². The number of benzene rings is 2. The van der Waals surface area contributed by atoms with Crippen molar-refractivity contribution >= 4 is 40.8 Å². The number of rotatable bonds is 6. The van der Waals surface area contributed by atoms with Crippen molar-refractivity contribution in [2.45, 2.75) is 30.6 Å². The molecule has 0 amide bonds. The largest absolute Gasteiger partial charge is 0.454 e. The summed E-state index contributed by atoms with van der Waals surface area (Å²) in [7, 11) is 0. The van der Waals surface area contributed by atoms with Crippen LogP contribution in [0.25, 0.3) is 0 Å². The van der Waals surface area contributed by atoms with E-state index in [9.17, 15) is 19.7 Å². The van der Waals surface area contributed by atoms with Gasteiger partial charge in [-0.05, 0) is 18.2 Å². The number of hydrogen-bond donors (Lipinski definition) is 0. The predicted octanol–water partition coefficient (Wildman–Crippen LogP) is 5.17. The molecule has 0 bridgehead atoms. The Balaban J connectivity index is 2.28. The van der Waals surface area contributed by atoms with Crippen molar-refractivity contribution in [2.75, 3.05) is 6.61 Å². The fourth-order valence-electron chi connectivity index (χ4n) is 2.00. The highest BCUT2D eigenvalue weighted by Gasteiger charge is 2.24. The predicted molar refractivity (Wildman–Crippen MR) is 103 cm³/mol. The second-order valence-electron chi connectivity index (χ2n) is 6.69. The van der Waals surface area contributed by atoms with Crippen molar-refractivity contribution in [1.29, 1.82) is 0 Å². The number of halogens is 1. The SMILES string of the molecule is CC(C)(C)C(=O)COC(=O)c1ccccc1Sc1c(Cl)cccc1[N+](=O)[O-]. The standard InChI is InChI=1S/C19H18ClNO5S/c1-19(2,3)16(22)11-26-18(23)12-7-4-5-10-15(12)27-17-13(20)8-6-9-14(17)21(24)25/h4-10H,11H2,1-3H3. The molecular formula is C19H18ClNO5S. The van der Waals surface area contributed by atoms with E-state index in [4.69, 9.17) is 16.3 Å². The van der Waals surface area contributed by atoms with Crippen LogP contribution in [0, 0.1) is 15.5 Å². The minimum Gasteiger partial charge on any atom is -0.454 e. The van der Waals surface area contributed by atoms with Gasteiger partial charge < -0.3 is 4.74 Å². The molecule has 0 atom stereocenters. The molecule has 8 heteroatoms. The molecule has 0 spiro atoms. The highest BCUT2D eigenvalue weighted by molar-refractivity contribution is 7.99. The smallest absolute Gasteiger partial charge is 0.339 e. The summed E-state index contributed by atoms with van der Waals surface area (Å²) in [6.07, 6.45) is 0. The molecule has 2 rings (SSSR count). The van der Waals surface area contributed by atoms with Gasteiger partial charge in [0, 0.05) is 16.4 Å². The Hall–Kier alpha value is -2.38. The first-order valence-electron chi connectivity index (χ1n) is 8.01. The Morgan fingerprint density at radius 2 is 1.81 bits per heavy atom. The third kappa shape index (κ3) is 5.30. The monoisotopic (exact) mass is 407 g/mol.